The molecule has 0 heterocycles. The van der Waals surface area contributed by atoms with E-state index in [1.165, 1.54) is 29.5 Å². The molecular formula is C127H244N2O12S6. The van der Waals surface area contributed by atoms with Gasteiger partial charge in [-0.1, -0.05) is 347 Å². The monoisotopic (exact) mass is 2180 g/mol. The fourth-order valence-corrected chi connectivity index (χ4v) is 16.3. The summed E-state index contributed by atoms with van der Waals surface area (Å²) in [5.74, 6) is 16.4. The van der Waals surface area contributed by atoms with E-state index in [0.717, 1.165) is 134 Å². The highest BCUT2D eigenvalue weighted by Gasteiger charge is 2.30. The summed E-state index contributed by atoms with van der Waals surface area (Å²) in [6, 6.07) is 25.6. The second kappa shape index (κ2) is 94.7. The van der Waals surface area contributed by atoms with Gasteiger partial charge in [-0.05, 0) is 254 Å². The van der Waals surface area contributed by atoms with Crippen molar-refractivity contribution in [3.63, 3.8) is 0 Å². The molecule has 3 aromatic rings. The molecule has 0 bridgehead atoms. The van der Waals surface area contributed by atoms with E-state index in [0.29, 0.717) is 167 Å². The first kappa shape index (κ1) is 166. The van der Waals surface area contributed by atoms with Crippen LogP contribution in [0.25, 0.3) is 0 Å². The molecule has 20 heteroatoms. The zero-order chi connectivity index (χ0) is 110. The molecule has 0 amide bonds. The highest BCUT2D eigenvalue weighted by atomic mass is 32.1. The maximum atomic E-state index is 12.4. The maximum Gasteiger partial charge on any atom is 0.149 e. The minimum atomic E-state index is 0. The van der Waals surface area contributed by atoms with Gasteiger partial charge in [0.25, 0.3) is 0 Å². The van der Waals surface area contributed by atoms with Crippen LogP contribution in [0.5, 0.6) is 17.2 Å². The van der Waals surface area contributed by atoms with Crippen molar-refractivity contribution in [3.05, 3.63) is 89.5 Å². The molecule has 0 spiro atoms. The van der Waals surface area contributed by atoms with Crippen molar-refractivity contribution in [1.29, 1.82) is 0 Å². The van der Waals surface area contributed by atoms with Crippen molar-refractivity contribution in [2.24, 2.45) is 166 Å². The molecule has 0 saturated carbocycles. The van der Waals surface area contributed by atoms with Gasteiger partial charge in [0.15, 0.2) is 0 Å². The van der Waals surface area contributed by atoms with Gasteiger partial charge in [-0.2, -0.15) is 81.0 Å². The molecule has 0 aliphatic carbocycles. The maximum absolute atomic E-state index is 12.4. The number of nitrogens with zero attached hydrogens (tertiary/aromatic N) is 2. The Labute approximate surface area is 953 Å². The largest absolute Gasteiger partial charge is 0.494 e. The molecule has 14 nitrogen and oxygen atoms in total. The standard InChI is InChI=1S/C21H34O2.2C20H32O2.C14H28O2.C14H28O.C13H27NO.C13H26O.C12H25NO.6H2S/c1-15(2)11-12-23-20-9-7-18(8-10-20)14-19(13-16(3)4)21(22)17(5)6;2*1-14(2)11-18(20(21)16(5)6)12-17-7-9-19(10-8-17)22-13-15(3)4;1-10(2)7-13(14(15)12(5)6)9-16-8-11(3)4;1-10(2)7-8-13(9-11(3)4)14(15)12(5)6;1-10(2)7-8-14(12(5)6)9-13(15)11(3)4;1-9(2)7-12(8-10(3)4)13(14)11(5)6;1-9(2)7-13(11(5)6)8-12(14)10(3)4;;;;;;/h7-10,15-17,19H,11-14H2,1-6H3;2*7-10,14-16,18H,11-13H2,1-6H3;10-13H,7-9H2,1-6H3;10-13H,7-9H2,1-6H3;10-12H,7-9H2,1-6H3;9-12H,7-8H2,1-6H3;9-11H,7-8H2,1-6H3;6*1H2/t19-;2*18-;2*13-;;;;;;;;;/m01001........./s1. The van der Waals surface area contributed by atoms with Crippen LogP contribution in [0, 0.1) is 166 Å². The minimum absolute atomic E-state index is 0. The number of hydrogen-bond acceptors (Lipinski definition) is 14. The molecule has 0 aliphatic heterocycles. The lowest BCUT2D eigenvalue weighted by Gasteiger charge is -2.28. The molecule has 3 aromatic carbocycles. The van der Waals surface area contributed by atoms with E-state index in [2.05, 4.69) is 268 Å². The minimum Gasteiger partial charge on any atom is -0.494 e. The van der Waals surface area contributed by atoms with E-state index < -0.39 is 0 Å². The van der Waals surface area contributed by atoms with Gasteiger partial charge in [-0.25, -0.2) is 0 Å². The lowest BCUT2D eigenvalue weighted by atomic mass is 9.83. The topological polar surface area (TPSA) is 180 Å². The third kappa shape index (κ3) is 92.3. The molecular weight excluding hydrogens is 1940 g/mol. The van der Waals surface area contributed by atoms with Gasteiger partial charge >= 0.3 is 0 Å². The Morgan fingerprint density at radius 1 is 0.218 bits per heavy atom. The predicted octanol–water partition coefficient (Wildman–Crippen LogP) is 33.8. The SMILES string of the molecule is CC(C)CC(CC(C)C)C(=O)C(C)C.CC(C)CCN(CC(=O)C(C)C)C(C)C.CC(C)CCOc1ccc(C[C@H](CC(C)C)C(=O)C(C)C)cc1.CC(C)CC[C@H](CC(C)C)C(=O)C(C)C.CC(C)CN(CC(=O)C(C)C)C(C)C.CC(C)COC[C@H](CC(C)C)C(=O)C(C)C.CC(C)COc1ccc(C[C@@H](CC(C)C)C(=O)C(C)C)cc1.CC(C)COc1ccc(C[C@H](CC(C)C)C(=O)C(C)C)cc1.S.S.S.S.S.S. The van der Waals surface area contributed by atoms with E-state index in [1.54, 1.807) is 0 Å². The molecule has 0 aromatic heterocycles. The summed E-state index contributed by atoms with van der Waals surface area (Å²) < 4.78 is 22.8. The third-order valence-electron chi connectivity index (χ3n) is 24.4. The van der Waals surface area contributed by atoms with E-state index in [-0.39, 0.29) is 158 Å². The smallest absolute Gasteiger partial charge is 0.149 e. The summed E-state index contributed by atoms with van der Waals surface area (Å²) >= 11 is 0. The van der Waals surface area contributed by atoms with Crippen LogP contribution in [0.15, 0.2) is 72.8 Å². The van der Waals surface area contributed by atoms with E-state index in [4.69, 9.17) is 18.9 Å². The summed E-state index contributed by atoms with van der Waals surface area (Å²) in [6.45, 7) is 108. The Hall–Kier alpha value is -3.60. The van der Waals surface area contributed by atoms with Crippen LogP contribution >= 0.6 is 81.0 Å². The summed E-state index contributed by atoms with van der Waals surface area (Å²) in [5.41, 5.74) is 3.66. The molecule has 0 N–H and O–H groups in total. The molecule has 147 heavy (non-hydrogen) atoms. The Bertz CT molecular complexity index is 3560. The number of benzene rings is 3. The van der Waals surface area contributed by atoms with Crippen LogP contribution in [0.2, 0.25) is 0 Å². The van der Waals surface area contributed by atoms with Gasteiger partial charge < -0.3 is 18.9 Å². The Kier molecular flexibility index (Phi) is 107. The Balaban J connectivity index is -0.000000160. The number of rotatable bonds is 62. The number of ether oxygens (including phenoxy) is 4. The van der Waals surface area contributed by atoms with E-state index >= 15 is 0 Å². The second-order valence-corrected chi connectivity index (χ2v) is 50.2. The summed E-state index contributed by atoms with van der Waals surface area (Å²) in [4.78, 5) is 101. The molecule has 870 valence electrons. The van der Waals surface area contributed by atoms with Crippen LogP contribution in [0.1, 0.15) is 420 Å². The van der Waals surface area contributed by atoms with Gasteiger partial charge in [-0.3, -0.25) is 48.2 Å². The lowest BCUT2D eigenvalue weighted by molar-refractivity contribution is -0.129. The van der Waals surface area contributed by atoms with Crippen LogP contribution in [-0.2, 0) is 62.4 Å². The average Bonchev–Trinajstić information content (AvgIpc) is 0.868. The van der Waals surface area contributed by atoms with Gasteiger partial charge in [0.2, 0.25) is 0 Å². The highest BCUT2D eigenvalue weighted by Crippen LogP contribution is 2.31. The van der Waals surface area contributed by atoms with Crippen molar-refractivity contribution in [2.45, 2.75) is 434 Å². The van der Waals surface area contributed by atoms with Gasteiger partial charge in [0.05, 0.1) is 39.5 Å². The number of carbonyl (C=O) groups is 8. The molecule has 0 radical (unpaired) electrons. The zero-order valence-corrected chi connectivity index (χ0v) is 110. The summed E-state index contributed by atoms with van der Waals surface area (Å²) in [6.07, 6.45) is 14.0. The fraction of sp³-hybridized carbons (Fsp3) is 0.795. The zero-order valence-electron chi connectivity index (χ0n) is 104. The van der Waals surface area contributed by atoms with Crippen molar-refractivity contribution in [2.75, 3.05) is 59.2 Å². The molecule has 0 aliphatic rings. The molecule has 5 atom stereocenters. The number of ketones is 8. The normalized spacial score (nSPS) is 12.4. The first-order chi connectivity index (χ1) is 65.1. The predicted molar refractivity (Wildman–Crippen MR) is 672 cm³/mol. The quantitative estimate of drug-likeness (QED) is 0.0521. The van der Waals surface area contributed by atoms with Crippen molar-refractivity contribution in [3.8, 4) is 17.2 Å². The Morgan fingerprint density at radius 3 is 0.701 bits per heavy atom. The number of carbonyl (C=O) groups excluding carboxylic acids is 8. The van der Waals surface area contributed by atoms with Crippen LogP contribution in [0.4, 0.5) is 0 Å². The van der Waals surface area contributed by atoms with Crippen LogP contribution in [0.3, 0.4) is 0 Å². The van der Waals surface area contributed by atoms with Crippen molar-refractivity contribution in [1.82, 2.24) is 9.80 Å². The third-order valence-corrected chi connectivity index (χ3v) is 24.4. The summed E-state index contributed by atoms with van der Waals surface area (Å²) in [5, 5.41) is 0. The lowest BCUT2D eigenvalue weighted by Crippen LogP contribution is -2.39. The van der Waals surface area contributed by atoms with Crippen LogP contribution in [-0.4, -0.2) is 127 Å². The van der Waals surface area contributed by atoms with Gasteiger partial charge in [0, 0.05) is 108 Å². The average molecular weight is 2180 g/mol. The number of hydrogen-bond donors (Lipinski definition) is 0. The van der Waals surface area contributed by atoms with E-state index in [9.17, 15) is 38.4 Å². The van der Waals surface area contributed by atoms with Gasteiger partial charge in [-0.15, -0.1) is 0 Å². The molecule has 0 unspecified atom stereocenters. The van der Waals surface area contributed by atoms with E-state index in [1.807, 2.05) is 147 Å². The molecule has 0 saturated heterocycles. The molecule has 3 rings (SSSR count). The Morgan fingerprint density at radius 2 is 0.456 bits per heavy atom. The van der Waals surface area contributed by atoms with Crippen molar-refractivity contribution >= 4 is 127 Å². The fourth-order valence-electron chi connectivity index (χ4n) is 16.3. The number of Topliss-reactive ketones (excluding diaryl/α,β-unsaturated/α-hetero) is 8. The van der Waals surface area contributed by atoms with Crippen molar-refractivity contribution < 1.29 is 57.3 Å². The first-order valence-electron chi connectivity index (χ1n) is 56.6. The second-order valence-electron chi connectivity index (χ2n) is 50.2. The van der Waals surface area contributed by atoms with Gasteiger partial charge in [0.1, 0.15) is 63.5 Å². The molecule has 0 fully saturated rings. The first-order valence-corrected chi connectivity index (χ1v) is 56.6. The van der Waals surface area contributed by atoms with Crippen LogP contribution < -0.4 is 14.2 Å². The summed E-state index contributed by atoms with van der Waals surface area (Å²) in [7, 11) is 0. The highest BCUT2D eigenvalue weighted by molar-refractivity contribution is 7.60.